The molecule has 0 atom stereocenters. The third kappa shape index (κ3) is 6.97. The number of nitro groups is 1. The van der Waals surface area contributed by atoms with Gasteiger partial charge in [-0.05, 0) is 35.9 Å². The van der Waals surface area contributed by atoms with Gasteiger partial charge in [-0.2, -0.15) is 8.78 Å². The van der Waals surface area contributed by atoms with Crippen LogP contribution in [0.1, 0.15) is 5.56 Å². The molecule has 0 spiro atoms. The molecule has 11 heteroatoms. The molecule has 0 aliphatic rings. The molecule has 0 fully saturated rings. The van der Waals surface area contributed by atoms with Crippen molar-refractivity contribution in [2.24, 2.45) is 0 Å². The minimum absolute atomic E-state index is 0.0497. The predicted octanol–water partition coefficient (Wildman–Crippen LogP) is 3.53. The summed E-state index contributed by atoms with van der Waals surface area (Å²) in [4.78, 5) is 33.4. The summed E-state index contributed by atoms with van der Waals surface area (Å²) >= 11 is 0. The Hall–Kier alpha value is -3.89. The SMILES string of the molecule is O=C(COC(=O)C=Cc1ccc(OC(F)F)cc1)Nc1ccc(F)cc1[N+](=O)[O-]. The Balaban J connectivity index is 1.86. The molecule has 0 heterocycles. The largest absolute Gasteiger partial charge is 0.452 e. The van der Waals surface area contributed by atoms with Crippen molar-refractivity contribution >= 4 is 29.3 Å². The normalized spacial score (nSPS) is 10.8. The molecule has 0 aromatic heterocycles. The second-order valence-electron chi connectivity index (χ2n) is 5.36. The van der Waals surface area contributed by atoms with E-state index in [1.54, 1.807) is 0 Å². The van der Waals surface area contributed by atoms with Crippen LogP contribution in [-0.4, -0.2) is 30.0 Å². The number of halogens is 3. The van der Waals surface area contributed by atoms with Gasteiger partial charge in [0.15, 0.2) is 6.61 Å². The second kappa shape index (κ2) is 9.88. The molecule has 2 rings (SSSR count). The highest BCUT2D eigenvalue weighted by atomic mass is 19.3. The first-order chi connectivity index (χ1) is 13.7. The number of nitrogens with zero attached hydrogens (tertiary/aromatic N) is 1. The van der Waals surface area contributed by atoms with E-state index in [0.717, 1.165) is 18.2 Å². The van der Waals surface area contributed by atoms with Crippen LogP contribution >= 0.6 is 0 Å². The molecule has 0 unspecified atom stereocenters. The van der Waals surface area contributed by atoms with Crippen LogP contribution in [0.25, 0.3) is 6.08 Å². The maximum atomic E-state index is 13.1. The minimum Gasteiger partial charge on any atom is -0.452 e. The third-order valence-electron chi connectivity index (χ3n) is 3.29. The van der Waals surface area contributed by atoms with Gasteiger partial charge in [-0.3, -0.25) is 14.9 Å². The lowest BCUT2D eigenvalue weighted by Crippen LogP contribution is -2.20. The van der Waals surface area contributed by atoms with Gasteiger partial charge in [0.2, 0.25) is 0 Å². The Morgan fingerprint density at radius 3 is 2.48 bits per heavy atom. The molecule has 8 nitrogen and oxygen atoms in total. The highest BCUT2D eigenvalue weighted by Crippen LogP contribution is 2.24. The Labute approximate surface area is 161 Å². The van der Waals surface area contributed by atoms with E-state index >= 15 is 0 Å². The molecular weight excluding hydrogens is 397 g/mol. The molecule has 2 aromatic carbocycles. The van der Waals surface area contributed by atoms with Gasteiger partial charge in [0.1, 0.15) is 17.3 Å². The number of hydrogen-bond donors (Lipinski definition) is 1. The molecule has 29 heavy (non-hydrogen) atoms. The molecule has 0 aliphatic heterocycles. The van der Waals surface area contributed by atoms with Gasteiger partial charge in [0.05, 0.1) is 11.0 Å². The number of ether oxygens (including phenoxy) is 2. The molecule has 0 saturated carbocycles. The molecule has 0 aliphatic carbocycles. The number of anilines is 1. The number of hydrogen-bond acceptors (Lipinski definition) is 6. The van der Waals surface area contributed by atoms with Gasteiger partial charge in [-0.1, -0.05) is 12.1 Å². The quantitative estimate of drug-likeness (QED) is 0.309. The first-order valence-corrected chi connectivity index (χ1v) is 7.88. The first kappa shape index (κ1) is 21.4. The zero-order chi connectivity index (χ0) is 21.4. The summed E-state index contributed by atoms with van der Waals surface area (Å²) in [7, 11) is 0. The number of alkyl halides is 2. The molecular formula is C18H13F3N2O6. The Kier molecular flexibility index (Phi) is 7.29. The lowest BCUT2D eigenvalue weighted by Gasteiger charge is -2.06. The monoisotopic (exact) mass is 410 g/mol. The van der Waals surface area contributed by atoms with Crippen molar-refractivity contribution in [2.45, 2.75) is 6.61 Å². The van der Waals surface area contributed by atoms with Crippen LogP contribution in [0.3, 0.4) is 0 Å². The standard InChI is InChI=1S/C18H13F3N2O6/c19-12-4-7-14(15(9-12)23(26)27)22-16(24)10-28-17(25)8-3-11-1-5-13(6-2-11)29-18(20)21/h1-9,18H,10H2,(H,22,24). The topological polar surface area (TPSA) is 108 Å². The fraction of sp³-hybridized carbons (Fsp3) is 0.111. The van der Waals surface area contributed by atoms with Gasteiger partial charge >= 0.3 is 12.6 Å². The van der Waals surface area contributed by atoms with Gasteiger partial charge in [-0.15, -0.1) is 0 Å². The number of amides is 1. The van der Waals surface area contributed by atoms with Crippen LogP contribution in [0.5, 0.6) is 5.75 Å². The Morgan fingerprint density at radius 2 is 1.86 bits per heavy atom. The van der Waals surface area contributed by atoms with E-state index in [1.807, 2.05) is 0 Å². The molecule has 0 radical (unpaired) electrons. The lowest BCUT2D eigenvalue weighted by atomic mass is 10.2. The highest BCUT2D eigenvalue weighted by molar-refractivity contribution is 5.96. The number of nitro benzene ring substituents is 1. The Morgan fingerprint density at radius 1 is 1.17 bits per heavy atom. The fourth-order valence-corrected chi connectivity index (χ4v) is 2.06. The number of rotatable bonds is 8. The number of carbonyl (C=O) groups is 2. The summed E-state index contributed by atoms with van der Waals surface area (Å²) in [5.41, 5.74) is -0.419. The van der Waals surface area contributed by atoms with Gasteiger partial charge in [-0.25, -0.2) is 9.18 Å². The summed E-state index contributed by atoms with van der Waals surface area (Å²) in [6.45, 7) is -3.69. The van der Waals surface area contributed by atoms with Crippen molar-refractivity contribution in [2.75, 3.05) is 11.9 Å². The van der Waals surface area contributed by atoms with Crippen LogP contribution in [0.4, 0.5) is 24.5 Å². The lowest BCUT2D eigenvalue weighted by molar-refractivity contribution is -0.384. The predicted molar refractivity (Wildman–Crippen MR) is 94.8 cm³/mol. The molecule has 0 bridgehead atoms. The molecule has 152 valence electrons. The van der Waals surface area contributed by atoms with E-state index in [9.17, 15) is 32.9 Å². The molecule has 1 amide bonds. The zero-order valence-electron chi connectivity index (χ0n) is 14.5. The van der Waals surface area contributed by atoms with Crippen LogP contribution in [0, 0.1) is 15.9 Å². The van der Waals surface area contributed by atoms with Crippen molar-refractivity contribution in [3.63, 3.8) is 0 Å². The Bertz CT molecular complexity index is 932. The maximum absolute atomic E-state index is 13.1. The zero-order valence-corrected chi connectivity index (χ0v) is 14.5. The van der Waals surface area contributed by atoms with E-state index in [4.69, 9.17) is 4.74 Å². The second-order valence-corrected chi connectivity index (χ2v) is 5.36. The van der Waals surface area contributed by atoms with Crippen molar-refractivity contribution in [1.29, 1.82) is 0 Å². The van der Waals surface area contributed by atoms with Gasteiger partial charge in [0.25, 0.3) is 11.6 Å². The fourth-order valence-electron chi connectivity index (χ4n) is 2.06. The highest BCUT2D eigenvalue weighted by Gasteiger charge is 2.17. The van der Waals surface area contributed by atoms with E-state index in [0.29, 0.717) is 11.6 Å². The van der Waals surface area contributed by atoms with Gasteiger partial charge in [0, 0.05) is 6.08 Å². The number of carbonyl (C=O) groups excluding carboxylic acids is 2. The van der Waals surface area contributed by atoms with Crippen molar-refractivity contribution in [1.82, 2.24) is 0 Å². The maximum Gasteiger partial charge on any atom is 0.387 e. The first-order valence-electron chi connectivity index (χ1n) is 7.88. The van der Waals surface area contributed by atoms with Crippen molar-refractivity contribution in [3.05, 3.63) is 70.0 Å². The van der Waals surface area contributed by atoms with E-state index in [-0.39, 0.29) is 11.4 Å². The van der Waals surface area contributed by atoms with Crippen LogP contribution in [0.15, 0.2) is 48.5 Å². The van der Waals surface area contributed by atoms with Gasteiger partial charge < -0.3 is 14.8 Å². The summed E-state index contributed by atoms with van der Waals surface area (Å²) in [5, 5.41) is 13.0. The average molecular weight is 410 g/mol. The van der Waals surface area contributed by atoms with E-state index in [2.05, 4.69) is 10.1 Å². The van der Waals surface area contributed by atoms with Crippen LogP contribution in [0.2, 0.25) is 0 Å². The van der Waals surface area contributed by atoms with Crippen molar-refractivity contribution in [3.8, 4) is 5.75 Å². The number of benzene rings is 2. The summed E-state index contributed by atoms with van der Waals surface area (Å²) in [5.74, 6) is -2.65. The summed E-state index contributed by atoms with van der Waals surface area (Å²) < 4.78 is 46.1. The smallest absolute Gasteiger partial charge is 0.387 e. The van der Waals surface area contributed by atoms with Crippen LogP contribution in [-0.2, 0) is 14.3 Å². The number of nitrogens with one attached hydrogen (secondary N) is 1. The van der Waals surface area contributed by atoms with E-state index in [1.165, 1.54) is 30.3 Å². The average Bonchev–Trinajstić information content (AvgIpc) is 2.66. The summed E-state index contributed by atoms with van der Waals surface area (Å²) in [6.07, 6.45) is 2.31. The minimum atomic E-state index is -2.95. The summed E-state index contributed by atoms with van der Waals surface area (Å²) in [6, 6.07) is 7.97. The molecule has 2 aromatic rings. The third-order valence-corrected chi connectivity index (χ3v) is 3.29. The van der Waals surface area contributed by atoms with Crippen molar-refractivity contribution < 1.29 is 37.2 Å². The van der Waals surface area contributed by atoms with E-state index < -0.39 is 41.5 Å². The van der Waals surface area contributed by atoms with Crippen LogP contribution < -0.4 is 10.1 Å². The number of esters is 1. The molecule has 0 saturated heterocycles. The molecule has 1 N–H and O–H groups in total.